The van der Waals surface area contributed by atoms with E-state index in [1.165, 1.54) is 4.90 Å². The molecule has 1 aliphatic rings. The van der Waals surface area contributed by atoms with E-state index in [9.17, 15) is 9.59 Å². The van der Waals surface area contributed by atoms with Crippen molar-refractivity contribution < 1.29 is 14.3 Å². The van der Waals surface area contributed by atoms with Crippen molar-refractivity contribution in [2.24, 2.45) is 7.05 Å². The lowest BCUT2D eigenvalue weighted by atomic mass is 10.1. The number of rotatable bonds is 4. The van der Waals surface area contributed by atoms with Crippen LogP contribution in [0.3, 0.4) is 0 Å². The van der Waals surface area contributed by atoms with Gasteiger partial charge in [0, 0.05) is 28.8 Å². The van der Waals surface area contributed by atoms with Crippen LogP contribution in [0.15, 0.2) is 53.4 Å². The second-order valence-electron chi connectivity index (χ2n) is 6.30. The van der Waals surface area contributed by atoms with Gasteiger partial charge in [0.15, 0.2) is 5.69 Å². The number of fused-ring (bicyclic) bond motifs is 3. The molecule has 1 aromatic heterocycles. The van der Waals surface area contributed by atoms with Gasteiger partial charge in [-0.05, 0) is 25.1 Å². The number of carbonyl (C=O) groups excluding carboxylic acids is 2. The molecule has 0 saturated heterocycles. The van der Waals surface area contributed by atoms with Crippen molar-refractivity contribution in [2.45, 2.75) is 17.6 Å². The Labute approximate surface area is 166 Å². The molecule has 1 aliphatic heterocycles. The largest absolute Gasteiger partial charge is 0.462 e. The standard InChI is InChI=1S/C21H19N3O3S/c1-3-27-21(26)13-8-4-6-10-16(13)22-20(25)18-15-12-28-17-11-7-5-9-14(17)19(15)24(2)23-18/h4-11H,3,12H2,1-2H3,(H,22,25). The Morgan fingerprint density at radius 2 is 1.93 bits per heavy atom. The molecule has 28 heavy (non-hydrogen) atoms. The minimum absolute atomic E-state index is 0.269. The number of aromatic nitrogens is 2. The number of hydrogen-bond donors (Lipinski definition) is 1. The summed E-state index contributed by atoms with van der Waals surface area (Å²) >= 11 is 1.69. The second-order valence-corrected chi connectivity index (χ2v) is 7.32. The summed E-state index contributed by atoms with van der Waals surface area (Å²) in [7, 11) is 1.84. The molecule has 4 rings (SSSR count). The first-order chi connectivity index (χ1) is 13.6. The van der Waals surface area contributed by atoms with E-state index in [2.05, 4.69) is 16.5 Å². The molecule has 142 valence electrons. The predicted octanol–water partition coefficient (Wildman–Crippen LogP) is 4.12. The molecule has 0 radical (unpaired) electrons. The first-order valence-corrected chi connectivity index (χ1v) is 9.94. The summed E-state index contributed by atoms with van der Waals surface area (Å²) in [6.45, 7) is 2.01. The van der Waals surface area contributed by atoms with Crippen LogP contribution < -0.4 is 5.32 Å². The van der Waals surface area contributed by atoms with Crippen molar-refractivity contribution in [1.82, 2.24) is 9.78 Å². The molecule has 6 nitrogen and oxygen atoms in total. The molecule has 1 amide bonds. The molecule has 2 aromatic carbocycles. The smallest absolute Gasteiger partial charge is 0.340 e. The van der Waals surface area contributed by atoms with E-state index in [1.807, 2.05) is 25.2 Å². The van der Waals surface area contributed by atoms with Crippen LogP contribution in [0.1, 0.15) is 33.3 Å². The third-order valence-corrected chi connectivity index (χ3v) is 5.65. The summed E-state index contributed by atoms with van der Waals surface area (Å²) in [6, 6.07) is 14.9. The topological polar surface area (TPSA) is 73.2 Å². The maximum atomic E-state index is 13.0. The summed E-state index contributed by atoms with van der Waals surface area (Å²) in [6.07, 6.45) is 0. The fraction of sp³-hybridized carbons (Fsp3) is 0.190. The Kier molecular flexibility index (Phi) is 4.92. The Bertz CT molecular complexity index is 1070. The molecule has 0 spiro atoms. The fourth-order valence-corrected chi connectivity index (χ4v) is 4.39. The highest BCUT2D eigenvalue weighted by molar-refractivity contribution is 7.98. The average molecular weight is 393 g/mol. The van der Waals surface area contributed by atoms with Gasteiger partial charge in [-0.1, -0.05) is 30.3 Å². The second kappa shape index (κ2) is 7.52. The SMILES string of the molecule is CCOC(=O)c1ccccc1NC(=O)c1nn(C)c2c1CSc1ccccc1-2. The highest BCUT2D eigenvalue weighted by atomic mass is 32.2. The van der Waals surface area contributed by atoms with E-state index < -0.39 is 5.97 Å². The molecule has 0 bridgehead atoms. The normalized spacial score (nSPS) is 12.1. The maximum absolute atomic E-state index is 13.0. The van der Waals surface area contributed by atoms with Gasteiger partial charge in [0.1, 0.15) is 0 Å². The van der Waals surface area contributed by atoms with E-state index in [0.29, 0.717) is 22.7 Å². The van der Waals surface area contributed by atoms with Crippen LogP contribution in [0.25, 0.3) is 11.3 Å². The predicted molar refractivity (Wildman–Crippen MR) is 109 cm³/mol. The summed E-state index contributed by atoms with van der Waals surface area (Å²) in [5.41, 5.74) is 4.04. The molecule has 0 atom stereocenters. The lowest BCUT2D eigenvalue weighted by Gasteiger charge is -2.17. The number of nitrogens with zero attached hydrogens (tertiary/aromatic N) is 2. The van der Waals surface area contributed by atoms with E-state index in [1.54, 1.807) is 47.6 Å². The van der Waals surface area contributed by atoms with Crippen LogP contribution >= 0.6 is 11.8 Å². The number of para-hydroxylation sites is 1. The van der Waals surface area contributed by atoms with Crippen molar-refractivity contribution in [3.8, 4) is 11.3 Å². The van der Waals surface area contributed by atoms with Gasteiger partial charge in [-0.15, -0.1) is 11.8 Å². The van der Waals surface area contributed by atoms with Crippen molar-refractivity contribution in [3.63, 3.8) is 0 Å². The quantitative estimate of drug-likeness (QED) is 0.675. The highest BCUT2D eigenvalue weighted by Crippen LogP contribution is 2.42. The van der Waals surface area contributed by atoms with Gasteiger partial charge < -0.3 is 10.1 Å². The van der Waals surface area contributed by atoms with Crippen LogP contribution in [-0.4, -0.2) is 28.3 Å². The maximum Gasteiger partial charge on any atom is 0.340 e. The third kappa shape index (κ3) is 3.18. The molecule has 0 aliphatic carbocycles. The Morgan fingerprint density at radius 3 is 2.75 bits per heavy atom. The number of carbonyl (C=O) groups is 2. The first-order valence-electron chi connectivity index (χ1n) is 8.95. The van der Waals surface area contributed by atoms with Crippen LogP contribution in [0.4, 0.5) is 5.69 Å². The molecular formula is C21H19N3O3S. The first kappa shape index (κ1) is 18.3. The van der Waals surface area contributed by atoms with Gasteiger partial charge in [0.2, 0.25) is 0 Å². The molecule has 2 heterocycles. The number of nitrogens with one attached hydrogen (secondary N) is 1. The lowest BCUT2D eigenvalue weighted by molar-refractivity contribution is 0.0527. The van der Waals surface area contributed by atoms with Crippen molar-refractivity contribution >= 4 is 29.3 Å². The Morgan fingerprint density at radius 1 is 1.18 bits per heavy atom. The molecule has 1 N–H and O–H groups in total. The fourth-order valence-electron chi connectivity index (χ4n) is 3.32. The number of anilines is 1. The van der Waals surface area contributed by atoms with Crippen molar-refractivity contribution in [3.05, 3.63) is 65.4 Å². The summed E-state index contributed by atoms with van der Waals surface area (Å²) in [5, 5.41) is 7.30. The van der Waals surface area contributed by atoms with E-state index >= 15 is 0 Å². The summed E-state index contributed by atoms with van der Waals surface area (Å²) in [4.78, 5) is 26.3. The van der Waals surface area contributed by atoms with Crippen LogP contribution in [-0.2, 0) is 17.5 Å². The molecule has 0 unspecified atom stereocenters. The van der Waals surface area contributed by atoms with Crippen molar-refractivity contribution in [1.29, 1.82) is 0 Å². The molecule has 7 heteroatoms. The van der Waals surface area contributed by atoms with Gasteiger partial charge in [-0.25, -0.2) is 4.79 Å². The number of ether oxygens (including phenoxy) is 1. The molecule has 0 saturated carbocycles. The van der Waals surface area contributed by atoms with Crippen LogP contribution in [0.2, 0.25) is 0 Å². The average Bonchev–Trinajstić information content (AvgIpc) is 3.06. The summed E-state index contributed by atoms with van der Waals surface area (Å²) in [5.74, 6) is -0.137. The number of thioether (sulfide) groups is 1. The zero-order valence-corrected chi connectivity index (χ0v) is 16.4. The zero-order valence-electron chi connectivity index (χ0n) is 15.6. The van der Waals surface area contributed by atoms with Crippen LogP contribution in [0, 0.1) is 0 Å². The molecule has 3 aromatic rings. The van der Waals surface area contributed by atoms with Gasteiger partial charge in [0.25, 0.3) is 5.91 Å². The highest BCUT2D eigenvalue weighted by Gasteiger charge is 2.28. The number of hydrogen-bond acceptors (Lipinski definition) is 5. The number of esters is 1. The number of benzene rings is 2. The van der Waals surface area contributed by atoms with Gasteiger partial charge in [-0.2, -0.15) is 5.10 Å². The minimum atomic E-state index is -0.467. The van der Waals surface area contributed by atoms with E-state index in [0.717, 1.165) is 16.8 Å². The molecular weight excluding hydrogens is 374 g/mol. The lowest BCUT2D eigenvalue weighted by Crippen LogP contribution is -2.18. The number of aryl methyl sites for hydroxylation is 1. The zero-order chi connectivity index (χ0) is 19.7. The van der Waals surface area contributed by atoms with E-state index in [-0.39, 0.29) is 12.5 Å². The minimum Gasteiger partial charge on any atom is -0.462 e. The summed E-state index contributed by atoms with van der Waals surface area (Å²) < 4.78 is 6.83. The van der Waals surface area contributed by atoms with Crippen LogP contribution in [0.5, 0.6) is 0 Å². The third-order valence-electron chi connectivity index (χ3n) is 4.55. The van der Waals surface area contributed by atoms with Crippen molar-refractivity contribution in [2.75, 3.05) is 11.9 Å². The Balaban J connectivity index is 1.68. The van der Waals surface area contributed by atoms with Gasteiger partial charge in [0.05, 0.1) is 23.6 Å². The van der Waals surface area contributed by atoms with Gasteiger partial charge in [-0.3, -0.25) is 9.48 Å². The van der Waals surface area contributed by atoms with Gasteiger partial charge >= 0.3 is 5.97 Å². The Hall–Kier alpha value is -3.06. The van der Waals surface area contributed by atoms with E-state index in [4.69, 9.17) is 4.74 Å². The monoisotopic (exact) mass is 393 g/mol. The number of amides is 1. The molecule has 0 fully saturated rings.